The molecule has 2 fully saturated rings. The Kier molecular flexibility index (Phi) is 16.2. The van der Waals surface area contributed by atoms with Gasteiger partial charge in [-0.1, -0.05) is 51.1 Å². The third-order valence-corrected chi connectivity index (χ3v) is 15.4. The second-order valence-corrected chi connectivity index (χ2v) is 20.8. The number of aliphatic hydroxyl groups is 2. The van der Waals surface area contributed by atoms with Gasteiger partial charge in [-0.15, -0.1) is 0 Å². The van der Waals surface area contributed by atoms with Gasteiger partial charge in [0.2, 0.25) is 11.2 Å². The van der Waals surface area contributed by atoms with Crippen LogP contribution in [0.1, 0.15) is 110 Å². The first kappa shape index (κ1) is 56.5. The predicted octanol–water partition coefficient (Wildman–Crippen LogP) is 5.00. The summed E-state index contributed by atoms with van der Waals surface area (Å²) >= 11 is 0. The molecule has 1 saturated carbocycles. The highest BCUT2D eigenvalue weighted by Gasteiger charge is 2.51. The van der Waals surface area contributed by atoms with E-state index in [1.54, 1.807) is 43.2 Å². The third kappa shape index (κ3) is 10.8. The van der Waals surface area contributed by atoms with E-state index < -0.39 is 130 Å². The number of carboxylic acid groups (broad SMARTS) is 1. The van der Waals surface area contributed by atoms with Crippen molar-refractivity contribution >= 4 is 57.6 Å². The number of ketones is 2. The predicted molar refractivity (Wildman–Crippen MR) is 280 cm³/mol. The van der Waals surface area contributed by atoms with Crippen molar-refractivity contribution in [3.05, 3.63) is 110 Å². The fourth-order valence-electron chi connectivity index (χ4n) is 10.6. The van der Waals surface area contributed by atoms with E-state index in [1.165, 1.54) is 76.5 Å². The smallest absolute Gasteiger partial charge is 0.341 e. The number of aromatic nitrogens is 1. The number of esters is 1. The minimum atomic E-state index is -2.03. The number of aromatic hydroxyl groups is 1. The number of hydrogen-bond acceptors (Lipinski definition) is 17. The SMILES string of the molecule is CO[C@H]1C=CO[C@@]2(C)Oc3c(C)c(O)c4c(c3C2=NOCC(=O)N2CCN(c3cc5c(cc3F)c(=O)c(C(=O)O)cn5C3CC3)CC2)C(=O)C=C(NC(=O)C(C)=CC=C[C@H](C)[C@H](O)[C@@H](C)[C@@H](O)[C@@H](C)[C@H](OC(C)=O)[C@@H]1C)C4=O. The number of methoxy groups -OCH3 is 1. The molecule has 22 heteroatoms. The van der Waals surface area contributed by atoms with Crippen LogP contribution in [0.15, 0.2) is 76.2 Å². The van der Waals surface area contributed by atoms with Crippen LogP contribution >= 0.6 is 0 Å². The number of piperazine rings is 1. The van der Waals surface area contributed by atoms with E-state index in [1.807, 2.05) is 0 Å². The summed E-state index contributed by atoms with van der Waals surface area (Å²) in [7, 11) is 1.41. The lowest BCUT2D eigenvalue weighted by atomic mass is 9.78. The van der Waals surface area contributed by atoms with Gasteiger partial charge in [-0.05, 0) is 44.9 Å². The maximum absolute atomic E-state index is 15.8. The molecule has 9 atom stereocenters. The molecule has 0 radical (unpaired) electrons. The lowest BCUT2D eigenvalue weighted by molar-refractivity contribution is -0.160. The highest BCUT2D eigenvalue weighted by Crippen LogP contribution is 2.48. The first-order chi connectivity index (χ1) is 36.9. The molecular weight excluding hydrogens is 1020 g/mol. The standard InChI is InChI=1S/C56H64FN5O16/c1-26-11-10-12-27(2)54(71)58-37-22-40(64)43-44(50(37)70)48(68)31(6)52-45(43)53(56(8,78-52)75-20-15-41(74-9)28(3)51(77-32(7)63)30(5)47(67)29(4)46(26)66)59-76-25-42(65)61-18-16-60(17-19-61)39-23-38-34(21-36(39)57)49(69)35(55(72)73)24-62(38)33-13-14-33/h10-12,15,20-24,26,28-30,33,41,46-47,51,66-68H,13-14,16-19,25H2,1-9H3,(H,58,71)(H,72,73)/t26-,28+,29+,30+,41-,46-,47+,51+,56-/m0/s1. The molecule has 78 heavy (non-hydrogen) atoms. The zero-order valence-corrected chi connectivity index (χ0v) is 44.7. The fraction of sp³-hybridized carbons (Fsp3) is 0.464. The molecule has 1 aromatic heterocycles. The Morgan fingerprint density at radius 3 is 2.27 bits per heavy atom. The number of aliphatic hydroxyl groups excluding tert-OH is 2. The number of fused-ring (bicyclic) bond motifs is 15. The van der Waals surface area contributed by atoms with Gasteiger partial charge < -0.3 is 63.9 Å². The second-order valence-electron chi connectivity index (χ2n) is 20.8. The van der Waals surface area contributed by atoms with E-state index >= 15 is 4.39 Å². The monoisotopic (exact) mass is 1080 g/mol. The molecule has 0 unspecified atom stereocenters. The molecule has 1 saturated heterocycles. The van der Waals surface area contributed by atoms with Crippen LogP contribution in [0, 0.1) is 36.4 Å². The quantitative estimate of drug-likeness (QED) is 0.146. The number of benzene rings is 2. The highest BCUT2D eigenvalue weighted by molar-refractivity contribution is 6.31. The van der Waals surface area contributed by atoms with Gasteiger partial charge in [0.1, 0.15) is 29.0 Å². The number of aromatic carboxylic acids is 1. The summed E-state index contributed by atoms with van der Waals surface area (Å²) in [4.78, 5) is 102. The van der Waals surface area contributed by atoms with Crippen molar-refractivity contribution in [1.82, 2.24) is 14.8 Å². The molecule has 9 rings (SSSR count). The summed E-state index contributed by atoms with van der Waals surface area (Å²) < 4.78 is 41.8. The summed E-state index contributed by atoms with van der Waals surface area (Å²) in [5.74, 6) is -11.3. The van der Waals surface area contributed by atoms with Crippen LogP contribution in [0.2, 0.25) is 0 Å². The van der Waals surface area contributed by atoms with E-state index in [9.17, 15) is 54.0 Å². The maximum Gasteiger partial charge on any atom is 0.341 e. The largest absolute Gasteiger partial charge is 0.507 e. The van der Waals surface area contributed by atoms with Crippen molar-refractivity contribution in [3.8, 4) is 11.5 Å². The number of allylic oxidation sites excluding steroid dienone is 4. The summed E-state index contributed by atoms with van der Waals surface area (Å²) in [5, 5.41) is 51.1. The minimum absolute atomic E-state index is 0.0171. The summed E-state index contributed by atoms with van der Waals surface area (Å²) in [6.45, 7) is 12.2. The first-order valence-electron chi connectivity index (χ1n) is 25.7. The molecule has 5 bridgehead atoms. The molecule has 2 aliphatic carbocycles. The number of amides is 2. The summed E-state index contributed by atoms with van der Waals surface area (Å²) in [6.07, 6.45) is 6.88. The van der Waals surface area contributed by atoms with Crippen LogP contribution in [0.5, 0.6) is 11.5 Å². The summed E-state index contributed by atoms with van der Waals surface area (Å²) in [6, 6.07) is 2.55. The van der Waals surface area contributed by atoms with Gasteiger partial charge in [-0.2, -0.15) is 0 Å². The van der Waals surface area contributed by atoms with Crippen molar-refractivity contribution < 1.29 is 77.4 Å². The van der Waals surface area contributed by atoms with Crippen molar-refractivity contribution in [3.63, 3.8) is 0 Å². The Morgan fingerprint density at radius 1 is 0.936 bits per heavy atom. The molecule has 21 nitrogen and oxygen atoms in total. The number of carbonyl (C=O) groups is 6. The molecule has 416 valence electrons. The molecule has 5 heterocycles. The first-order valence-corrected chi connectivity index (χ1v) is 25.7. The van der Waals surface area contributed by atoms with E-state index in [0.29, 0.717) is 5.52 Å². The number of rotatable bonds is 8. The van der Waals surface area contributed by atoms with Gasteiger partial charge in [0.05, 0.1) is 58.2 Å². The molecule has 5 N–H and O–H groups in total. The van der Waals surface area contributed by atoms with E-state index in [-0.39, 0.29) is 77.0 Å². The Labute approximate surface area is 448 Å². The number of nitrogens with zero attached hydrogens (tertiary/aromatic N) is 4. The fourth-order valence-corrected chi connectivity index (χ4v) is 10.6. The number of ether oxygens (including phenoxy) is 4. The van der Waals surface area contributed by atoms with Crippen LogP contribution in [0.25, 0.3) is 10.9 Å². The minimum Gasteiger partial charge on any atom is -0.507 e. The van der Waals surface area contributed by atoms with Gasteiger partial charge in [-0.25, -0.2) is 9.18 Å². The number of phenolic OH excluding ortho intramolecular Hbond substituents is 1. The zero-order valence-electron chi connectivity index (χ0n) is 44.7. The molecule has 2 amide bonds. The zero-order chi connectivity index (χ0) is 56.8. The number of pyridine rings is 1. The average molecular weight is 1080 g/mol. The Balaban J connectivity index is 1.11. The van der Waals surface area contributed by atoms with Crippen LogP contribution < -0.4 is 20.4 Å². The number of Topliss-reactive ketones (excluding diaryl/α,β-unsaturated/α-hetero) is 1. The summed E-state index contributed by atoms with van der Waals surface area (Å²) in [5.41, 5.74) is -2.21. The van der Waals surface area contributed by atoms with Crippen molar-refractivity contribution in [2.45, 2.75) is 104 Å². The van der Waals surface area contributed by atoms with Crippen LogP contribution in [0.4, 0.5) is 10.1 Å². The lowest BCUT2D eigenvalue weighted by Crippen LogP contribution is -2.50. The van der Waals surface area contributed by atoms with Gasteiger partial charge in [0.15, 0.2) is 18.1 Å². The topological polar surface area (TPSA) is 282 Å². The number of phenols is 1. The maximum atomic E-state index is 15.8. The number of halogens is 1. The molecule has 4 aliphatic heterocycles. The third-order valence-electron chi connectivity index (χ3n) is 15.4. The Morgan fingerprint density at radius 2 is 1.63 bits per heavy atom. The van der Waals surface area contributed by atoms with Gasteiger partial charge >= 0.3 is 11.9 Å². The van der Waals surface area contributed by atoms with Crippen LogP contribution in [-0.2, 0) is 33.4 Å². The second kappa shape index (κ2) is 22.3. The van der Waals surface area contributed by atoms with E-state index in [2.05, 4.69) is 10.5 Å². The molecule has 0 spiro atoms. The van der Waals surface area contributed by atoms with Gasteiger partial charge in [-0.3, -0.25) is 28.8 Å². The van der Waals surface area contributed by atoms with Crippen molar-refractivity contribution in [1.29, 1.82) is 0 Å². The number of carboxylic acids is 1. The number of oxime groups is 1. The highest BCUT2D eigenvalue weighted by atomic mass is 19.1. The number of anilines is 1. The van der Waals surface area contributed by atoms with Crippen molar-refractivity contribution in [2.75, 3.05) is 44.8 Å². The molecular formula is C56H64FN5O16. The van der Waals surface area contributed by atoms with Gasteiger partial charge in [0, 0.05) is 106 Å². The van der Waals surface area contributed by atoms with Gasteiger partial charge in [0.25, 0.3) is 17.6 Å². The number of nitrogens with one attached hydrogen (secondary N) is 1. The van der Waals surface area contributed by atoms with E-state index in [4.69, 9.17) is 23.8 Å². The van der Waals surface area contributed by atoms with Crippen LogP contribution in [-0.4, -0.2) is 141 Å². The van der Waals surface area contributed by atoms with Crippen LogP contribution in [0.3, 0.4) is 0 Å². The van der Waals surface area contributed by atoms with E-state index in [0.717, 1.165) is 25.0 Å². The Hall–Kier alpha value is -7.69. The molecule has 6 aliphatic rings. The normalized spacial score (nSPS) is 27.5. The molecule has 3 aromatic rings. The number of hydrogen-bond donors (Lipinski definition) is 5. The molecule has 2 aromatic carbocycles. The Bertz CT molecular complexity index is 3200. The lowest BCUT2D eigenvalue weighted by Gasteiger charge is -2.38. The average Bonchev–Trinajstić information content (AvgIpc) is 4.28. The van der Waals surface area contributed by atoms with Crippen molar-refractivity contribution in [2.24, 2.45) is 28.8 Å². The number of carbonyl (C=O) groups excluding carboxylic acids is 5.